The van der Waals surface area contributed by atoms with Crippen molar-refractivity contribution in [3.63, 3.8) is 0 Å². The van der Waals surface area contributed by atoms with Gasteiger partial charge in [0, 0.05) is 23.8 Å². The van der Waals surface area contributed by atoms with Gasteiger partial charge in [0.2, 0.25) is 0 Å². The molecule has 1 spiro atoms. The number of carbonyl (C=O) groups excluding carboxylic acids is 2. The predicted octanol–water partition coefficient (Wildman–Crippen LogP) is 2.76. The molecule has 7 heteroatoms. The summed E-state index contributed by atoms with van der Waals surface area (Å²) < 4.78 is 30.0. The molecule has 0 aromatic carbocycles. The second-order valence-electron chi connectivity index (χ2n) is 10.3. The molecule has 3 heterocycles. The van der Waals surface area contributed by atoms with E-state index in [0.29, 0.717) is 19.1 Å². The molecular formula is C23H32O7. The third kappa shape index (κ3) is 2.43. The molecule has 1 saturated carbocycles. The van der Waals surface area contributed by atoms with E-state index in [4.69, 9.17) is 23.7 Å². The third-order valence-corrected chi connectivity index (χ3v) is 8.72. The predicted molar refractivity (Wildman–Crippen MR) is 105 cm³/mol. The monoisotopic (exact) mass is 420 g/mol. The van der Waals surface area contributed by atoms with E-state index >= 15 is 0 Å². The highest BCUT2D eigenvalue weighted by molar-refractivity contribution is 5.92. The van der Waals surface area contributed by atoms with E-state index in [0.717, 1.165) is 30.4 Å². The number of esters is 2. The van der Waals surface area contributed by atoms with E-state index in [1.807, 2.05) is 0 Å². The zero-order valence-electron chi connectivity index (χ0n) is 18.5. The Morgan fingerprint density at radius 3 is 2.77 bits per heavy atom. The number of hydrogen-bond acceptors (Lipinski definition) is 7. The summed E-state index contributed by atoms with van der Waals surface area (Å²) in [6.45, 7) is 11.0. The molecule has 2 saturated heterocycles. The number of ether oxygens (including phenoxy) is 5. The second kappa shape index (κ2) is 6.53. The largest absolute Gasteiger partial charge is 0.458 e. The minimum atomic E-state index is -0.655. The van der Waals surface area contributed by atoms with Gasteiger partial charge in [-0.25, -0.2) is 4.79 Å². The Morgan fingerprint density at radius 2 is 2.07 bits per heavy atom. The van der Waals surface area contributed by atoms with Crippen LogP contribution in [0.2, 0.25) is 0 Å². The van der Waals surface area contributed by atoms with E-state index in [9.17, 15) is 9.59 Å². The van der Waals surface area contributed by atoms with Crippen LogP contribution in [-0.2, 0) is 33.3 Å². The average molecular weight is 421 g/mol. The minimum Gasteiger partial charge on any atom is -0.458 e. The average Bonchev–Trinajstić information content (AvgIpc) is 3.32. The lowest BCUT2D eigenvalue weighted by Gasteiger charge is -2.61. The smallest absolute Gasteiger partial charge is 0.334 e. The van der Waals surface area contributed by atoms with Crippen molar-refractivity contribution < 1.29 is 33.3 Å². The molecule has 0 amide bonds. The van der Waals surface area contributed by atoms with Gasteiger partial charge in [0.25, 0.3) is 0 Å². The highest BCUT2D eigenvalue weighted by atomic mass is 16.7. The SMILES string of the molecule is CC(=O)OCOC1C(C(C)C)CC2OC23C2(C)CCC4=C(COC4=O)C2COC13C. The van der Waals surface area contributed by atoms with Gasteiger partial charge in [-0.15, -0.1) is 0 Å². The molecular weight excluding hydrogens is 388 g/mol. The lowest BCUT2D eigenvalue weighted by atomic mass is 9.49. The van der Waals surface area contributed by atoms with Crippen LogP contribution < -0.4 is 0 Å². The molecule has 2 aliphatic carbocycles. The molecule has 0 N–H and O–H groups in total. The fourth-order valence-electron chi connectivity index (χ4n) is 7.14. The fraction of sp³-hybridized carbons (Fsp3) is 0.826. The summed E-state index contributed by atoms with van der Waals surface area (Å²) in [7, 11) is 0. The Labute approximate surface area is 177 Å². The number of rotatable bonds is 4. The van der Waals surface area contributed by atoms with Crippen molar-refractivity contribution in [1.82, 2.24) is 0 Å². The summed E-state index contributed by atoms with van der Waals surface area (Å²) in [6.07, 6.45) is 2.35. The summed E-state index contributed by atoms with van der Waals surface area (Å²) in [5, 5.41) is 0. The maximum atomic E-state index is 12.2. The van der Waals surface area contributed by atoms with Gasteiger partial charge in [-0.1, -0.05) is 20.8 Å². The highest BCUT2D eigenvalue weighted by Gasteiger charge is 2.84. The molecule has 5 aliphatic rings. The van der Waals surface area contributed by atoms with Gasteiger partial charge >= 0.3 is 11.9 Å². The number of cyclic esters (lactones) is 1. The number of hydrogen-bond donors (Lipinski definition) is 0. The third-order valence-electron chi connectivity index (χ3n) is 8.72. The quantitative estimate of drug-likeness (QED) is 0.393. The molecule has 166 valence electrons. The Balaban J connectivity index is 1.51. The van der Waals surface area contributed by atoms with Crippen LogP contribution in [-0.4, -0.2) is 55.4 Å². The zero-order chi connectivity index (χ0) is 21.5. The van der Waals surface area contributed by atoms with Gasteiger partial charge in [0.1, 0.15) is 17.8 Å². The first-order valence-corrected chi connectivity index (χ1v) is 11.1. The van der Waals surface area contributed by atoms with Crippen LogP contribution in [0.5, 0.6) is 0 Å². The first-order valence-electron chi connectivity index (χ1n) is 11.1. The van der Waals surface area contributed by atoms with E-state index in [1.165, 1.54) is 6.92 Å². The molecule has 30 heavy (non-hydrogen) atoms. The molecule has 3 aliphatic heterocycles. The summed E-state index contributed by atoms with van der Waals surface area (Å²) in [5.41, 5.74) is 0.652. The number of fused-ring (bicyclic) bond motifs is 2. The van der Waals surface area contributed by atoms with Crippen LogP contribution in [0.25, 0.3) is 0 Å². The van der Waals surface area contributed by atoms with Gasteiger partial charge in [0.05, 0.1) is 18.8 Å². The first kappa shape index (κ1) is 20.5. The van der Waals surface area contributed by atoms with Crippen molar-refractivity contribution in [3.05, 3.63) is 11.1 Å². The lowest BCUT2D eigenvalue weighted by Crippen LogP contribution is -2.72. The maximum Gasteiger partial charge on any atom is 0.334 e. The minimum absolute atomic E-state index is 0.0826. The van der Waals surface area contributed by atoms with Gasteiger partial charge < -0.3 is 23.7 Å². The summed E-state index contributed by atoms with van der Waals surface area (Å²) in [5.74, 6) is 0.192. The Hall–Kier alpha value is -1.44. The normalized spacial score (nSPS) is 46.5. The van der Waals surface area contributed by atoms with Crippen molar-refractivity contribution in [3.8, 4) is 0 Å². The Morgan fingerprint density at radius 1 is 1.30 bits per heavy atom. The second-order valence-corrected chi connectivity index (χ2v) is 10.3. The molecule has 7 unspecified atom stereocenters. The van der Waals surface area contributed by atoms with Crippen LogP contribution in [0.1, 0.15) is 53.9 Å². The van der Waals surface area contributed by atoms with Crippen LogP contribution in [0, 0.1) is 23.2 Å². The molecule has 5 rings (SSSR count). The maximum absolute atomic E-state index is 12.2. The summed E-state index contributed by atoms with van der Waals surface area (Å²) >= 11 is 0. The Kier molecular flexibility index (Phi) is 4.45. The van der Waals surface area contributed by atoms with Crippen molar-refractivity contribution >= 4 is 11.9 Å². The molecule has 7 atom stereocenters. The van der Waals surface area contributed by atoms with E-state index < -0.39 is 11.2 Å². The van der Waals surface area contributed by atoms with Crippen LogP contribution in [0.15, 0.2) is 11.1 Å². The van der Waals surface area contributed by atoms with Crippen molar-refractivity contribution in [2.75, 3.05) is 20.0 Å². The van der Waals surface area contributed by atoms with Gasteiger partial charge in [0.15, 0.2) is 6.79 Å². The molecule has 0 bridgehead atoms. The standard InChI is InChI=1S/C23H32O7/c1-12(2)15-8-18-23(30-18)21(4)7-6-14-16(9-26-20(14)25)17(21)10-29-22(23,5)19(15)28-11-27-13(3)24/h12,15,17-19H,6-11H2,1-5H3. The molecule has 0 aromatic rings. The fourth-order valence-corrected chi connectivity index (χ4v) is 7.14. The zero-order valence-corrected chi connectivity index (χ0v) is 18.5. The molecule has 0 aromatic heterocycles. The van der Waals surface area contributed by atoms with Gasteiger partial charge in [-0.2, -0.15) is 0 Å². The van der Waals surface area contributed by atoms with Gasteiger partial charge in [-0.05, 0) is 43.6 Å². The topological polar surface area (TPSA) is 83.6 Å². The lowest BCUT2D eigenvalue weighted by molar-refractivity contribution is -0.276. The molecule has 7 nitrogen and oxygen atoms in total. The highest BCUT2D eigenvalue weighted by Crippen LogP contribution is 2.72. The van der Waals surface area contributed by atoms with Gasteiger partial charge in [-0.3, -0.25) is 4.79 Å². The Bertz CT molecular complexity index is 818. The van der Waals surface area contributed by atoms with Crippen molar-refractivity contribution in [2.45, 2.75) is 77.3 Å². The number of epoxide rings is 1. The first-order chi connectivity index (χ1) is 14.2. The number of carbonyl (C=O) groups is 2. The molecule has 0 radical (unpaired) electrons. The van der Waals surface area contributed by atoms with Crippen LogP contribution in [0.3, 0.4) is 0 Å². The van der Waals surface area contributed by atoms with Crippen molar-refractivity contribution in [2.24, 2.45) is 23.2 Å². The van der Waals surface area contributed by atoms with Crippen LogP contribution >= 0.6 is 0 Å². The summed E-state index contributed by atoms with van der Waals surface area (Å²) in [6, 6.07) is 0. The van der Waals surface area contributed by atoms with E-state index in [2.05, 4.69) is 27.7 Å². The van der Waals surface area contributed by atoms with E-state index in [1.54, 1.807) is 0 Å². The van der Waals surface area contributed by atoms with E-state index in [-0.39, 0.29) is 48.2 Å². The van der Waals surface area contributed by atoms with Crippen molar-refractivity contribution in [1.29, 1.82) is 0 Å². The molecule has 3 fully saturated rings. The summed E-state index contributed by atoms with van der Waals surface area (Å²) in [4.78, 5) is 23.5. The van der Waals surface area contributed by atoms with Crippen LogP contribution in [0.4, 0.5) is 0 Å².